The molecule has 0 aliphatic carbocycles. The van der Waals surface area contributed by atoms with Crippen LogP contribution < -0.4 is 5.46 Å². The van der Waals surface area contributed by atoms with E-state index in [4.69, 9.17) is 10.0 Å². The molecule has 0 radical (unpaired) electrons. The maximum atomic E-state index is 12.8. The molecule has 2 heterocycles. The first-order valence-electron chi connectivity index (χ1n) is 5.14. The Balaban J connectivity index is 2.71. The molecule has 0 bridgehead atoms. The smallest absolute Gasteiger partial charge is 0.423 e. The third kappa shape index (κ3) is 2.07. The van der Waals surface area contributed by atoms with Gasteiger partial charge in [0.25, 0.3) is 0 Å². The van der Waals surface area contributed by atoms with Crippen LogP contribution in [0.15, 0.2) is 18.5 Å². The Labute approximate surface area is 105 Å². The van der Waals surface area contributed by atoms with Crippen LogP contribution in [0.5, 0.6) is 0 Å². The molecule has 2 aromatic rings. The summed E-state index contributed by atoms with van der Waals surface area (Å²) in [5.41, 5.74) is -3.99. The van der Waals surface area contributed by atoms with E-state index >= 15 is 0 Å². The molecule has 2 rings (SSSR count). The number of fused-ring (bicyclic) bond motifs is 1. The third-order valence-corrected chi connectivity index (χ3v) is 2.78. The number of halogens is 3. The minimum absolute atomic E-state index is 0.112. The van der Waals surface area contributed by atoms with Crippen LogP contribution in [0, 0.1) is 0 Å². The monoisotopic (exact) mass is 275 g/mol. The van der Waals surface area contributed by atoms with Gasteiger partial charge in [-0.05, 0) is 13.0 Å². The van der Waals surface area contributed by atoms with Crippen molar-refractivity contribution in [3.05, 3.63) is 24.2 Å². The van der Waals surface area contributed by atoms with Crippen LogP contribution in [-0.2, 0) is 5.60 Å². The maximum Gasteiger partial charge on any atom is 0.492 e. The quantitative estimate of drug-likeness (QED) is 0.623. The molecule has 6 nitrogen and oxygen atoms in total. The molecule has 10 heteroatoms. The Bertz CT molecular complexity index is 612. The molecule has 1 unspecified atom stereocenters. The molecule has 0 saturated heterocycles. The molecule has 3 N–H and O–H groups in total. The molecule has 2 aromatic heterocycles. The number of aliphatic hydroxyl groups is 1. The fourth-order valence-corrected chi connectivity index (χ4v) is 1.64. The molecule has 0 aromatic carbocycles. The Morgan fingerprint density at radius 1 is 1.26 bits per heavy atom. The molecular formula is C9H9BF3N3O3. The molecule has 0 amide bonds. The summed E-state index contributed by atoms with van der Waals surface area (Å²) in [7, 11) is -1.91. The van der Waals surface area contributed by atoms with Gasteiger partial charge in [0, 0.05) is 5.46 Å². The van der Waals surface area contributed by atoms with E-state index in [9.17, 15) is 18.3 Å². The van der Waals surface area contributed by atoms with Crippen LogP contribution in [0.1, 0.15) is 12.6 Å². The maximum absolute atomic E-state index is 12.8. The number of hydrogen-bond donors (Lipinski definition) is 3. The van der Waals surface area contributed by atoms with Crippen molar-refractivity contribution >= 4 is 18.2 Å². The molecule has 102 valence electrons. The lowest BCUT2D eigenvalue weighted by atomic mass is 9.80. The molecule has 0 aliphatic heterocycles. The van der Waals surface area contributed by atoms with E-state index in [-0.39, 0.29) is 11.1 Å². The zero-order valence-corrected chi connectivity index (χ0v) is 9.63. The molecule has 0 saturated carbocycles. The van der Waals surface area contributed by atoms with E-state index in [1.807, 2.05) is 0 Å². The van der Waals surface area contributed by atoms with E-state index in [2.05, 4.69) is 10.1 Å². The fourth-order valence-electron chi connectivity index (χ4n) is 1.64. The van der Waals surface area contributed by atoms with E-state index in [0.717, 1.165) is 23.0 Å². The number of alkyl halides is 3. The Morgan fingerprint density at radius 2 is 1.89 bits per heavy atom. The number of rotatable bonds is 2. The second-order valence-corrected chi connectivity index (χ2v) is 4.11. The number of nitrogens with zero attached hydrogens (tertiary/aromatic N) is 3. The second kappa shape index (κ2) is 4.18. The van der Waals surface area contributed by atoms with Crippen LogP contribution >= 0.6 is 0 Å². The van der Waals surface area contributed by atoms with Gasteiger partial charge in [0.1, 0.15) is 6.33 Å². The van der Waals surface area contributed by atoms with E-state index < -0.39 is 24.6 Å². The van der Waals surface area contributed by atoms with Crippen molar-refractivity contribution in [1.29, 1.82) is 0 Å². The van der Waals surface area contributed by atoms with Gasteiger partial charge in [-0.25, -0.2) is 9.50 Å². The van der Waals surface area contributed by atoms with Crippen molar-refractivity contribution in [1.82, 2.24) is 14.6 Å². The highest BCUT2D eigenvalue weighted by Gasteiger charge is 2.53. The average Bonchev–Trinajstić information content (AvgIpc) is 2.73. The first-order chi connectivity index (χ1) is 8.66. The van der Waals surface area contributed by atoms with Crippen molar-refractivity contribution in [2.45, 2.75) is 18.7 Å². The highest BCUT2D eigenvalue weighted by molar-refractivity contribution is 6.60. The Hall–Kier alpha value is -1.65. The van der Waals surface area contributed by atoms with Gasteiger partial charge in [-0.3, -0.25) is 0 Å². The number of aromatic nitrogens is 3. The van der Waals surface area contributed by atoms with Gasteiger partial charge in [-0.1, -0.05) is 6.07 Å². The Morgan fingerprint density at radius 3 is 2.42 bits per heavy atom. The second-order valence-electron chi connectivity index (χ2n) is 4.11. The zero-order valence-electron chi connectivity index (χ0n) is 9.63. The van der Waals surface area contributed by atoms with Crippen molar-refractivity contribution in [2.24, 2.45) is 0 Å². The van der Waals surface area contributed by atoms with Gasteiger partial charge in [-0.15, -0.1) is 0 Å². The number of pyridine rings is 1. The summed E-state index contributed by atoms with van der Waals surface area (Å²) < 4.78 is 39.1. The van der Waals surface area contributed by atoms with E-state index in [0.29, 0.717) is 6.92 Å². The summed E-state index contributed by atoms with van der Waals surface area (Å²) >= 11 is 0. The normalized spacial score (nSPS) is 15.5. The predicted molar refractivity (Wildman–Crippen MR) is 58.4 cm³/mol. The predicted octanol–water partition coefficient (Wildman–Crippen LogP) is -0.821. The molecule has 0 spiro atoms. The summed E-state index contributed by atoms with van der Waals surface area (Å²) in [5, 5.41) is 31.4. The lowest BCUT2D eigenvalue weighted by Crippen LogP contribution is -2.42. The lowest BCUT2D eigenvalue weighted by Gasteiger charge is -2.27. The van der Waals surface area contributed by atoms with Gasteiger partial charge >= 0.3 is 13.3 Å². The van der Waals surface area contributed by atoms with Gasteiger partial charge in [0.15, 0.2) is 11.2 Å². The van der Waals surface area contributed by atoms with Crippen LogP contribution in [0.4, 0.5) is 13.2 Å². The van der Waals surface area contributed by atoms with Crippen molar-refractivity contribution in [2.75, 3.05) is 0 Å². The standard InChI is InChI=1S/C9H9BF3N3O3/c1-8(17,9(11,12)13)6-3-2-5(10(18)19)7-14-4-15-16(6)7/h2-4,17-19H,1H3. The minimum atomic E-state index is -4.91. The largest absolute Gasteiger partial charge is 0.492 e. The topological polar surface area (TPSA) is 90.9 Å². The summed E-state index contributed by atoms with van der Waals surface area (Å²) in [6.07, 6.45) is -3.96. The molecule has 0 fully saturated rings. The summed E-state index contributed by atoms with van der Waals surface area (Å²) in [6, 6.07) is 1.97. The Kier molecular flexibility index (Phi) is 3.03. The van der Waals surface area contributed by atoms with Crippen molar-refractivity contribution < 1.29 is 28.3 Å². The van der Waals surface area contributed by atoms with Crippen LogP contribution in [-0.4, -0.2) is 43.0 Å². The minimum Gasteiger partial charge on any atom is -0.423 e. The van der Waals surface area contributed by atoms with Gasteiger partial charge in [0.2, 0.25) is 0 Å². The molecule has 0 aliphatic rings. The lowest BCUT2D eigenvalue weighted by molar-refractivity contribution is -0.260. The first kappa shape index (κ1) is 13.8. The molecular weight excluding hydrogens is 266 g/mol. The highest BCUT2D eigenvalue weighted by atomic mass is 19.4. The summed E-state index contributed by atoms with van der Waals surface area (Å²) in [6.45, 7) is 0.582. The number of hydrogen-bond acceptors (Lipinski definition) is 5. The molecule has 1 atom stereocenters. The highest BCUT2D eigenvalue weighted by Crippen LogP contribution is 2.37. The van der Waals surface area contributed by atoms with Gasteiger partial charge in [0.05, 0.1) is 5.69 Å². The zero-order chi connectivity index (χ0) is 14.4. The van der Waals surface area contributed by atoms with Crippen LogP contribution in [0.25, 0.3) is 5.65 Å². The van der Waals surface area contributed by atoms with E-state index in [1.54, 1.807) is 0 Å². The van der Waals surface area contributed by atoms with Crippen molar-refractivity contribution in [3.63, 3.8) is 0 Å². The van der Waals surface area contributed by atoms with E-state index in [1.165, 1.54) is 0 Å². The van der Waals surface area contributed by atoms with Gasteiger partial charge < -0.3 is 15.2 Å². The SMILES string of the molecule is CC(O)(c1ccc(B(O)O)c2ncnn12)C(F)(F)F. The van der Waals surface area contributed by atoms with Gasteiger partial charge in [-0.2, -0.15) is 18.3 Å². The third-order valence-electron chi connectivity index (χ3n) is 2.78. The molecule has 19 heavy (non-hydrogen) atoms. The van der Waals surface area contributed by atoms with Crippen molar-refractivity contribution in [3.8, 4) is 0 Å². The van der Waals surface area contributed by atoms with Crippen LogP contribution in [0.3, 0.4) is 0 Å². The average molecular weight is 275 g/mol. The fraction of sp³-hybridized carbons (Fsp3) is 0.333. The summed E-state index contributed by atoms with van der Waals surface area (Å²) in [5.74, 6) is 0. The van der Waals surface area contributed by atoms with Crippen LogP contribution in [0.2, 0.25) is 0 Å². The summed E-state index contributed by atoms with van der Waals surface area (Å²) in [4.78, 5) is 3.65. The first-order valence-corrected chi connectivity index (χ1v) is 5.14.